The van der Waals surface area contributed by atoms with Gasteiger partial charge in [-0.05, 0) is 43.5 Å². The van der Waals surface area contributed by atoms with Gasteiger partial charge in [-0.2, -0.15) is 5.10 Å². The zero-order valence-corrected chi connectivity index (χ0v) is 13.9. The van der Waals surface area contributed by atoms with Gasteiger partial charge in [0, 0.05) is 31.4 Å². The van der Waals surface area contributed by atoms with Crippen molar-refractivity contribution >= 4 is 5.91 Å². The molecule has 3 rings (SSSR count). The first-order chi connectivity index (χ1) is 11.6. The fraction of sp³-hybridized carbons (Fsp3) is 0.444. The first kappa shape index (κ1) is 16.6. The van der Waals surface area contributed by atoms with Gasteiger partial charge in [0.25, 0.3) is 0 Å². The number of hydrogen-bond acceptors (Lipinski definition) is 3. The third kappa shape index (κ3) is 4.20. The lowest BCUT2D eigenvalue weighted by atomic mass is 10.1. The number of nitrogens with one attached hydrogen (secondary N) is 1. The Morgan fingerprint density at radius 1 is 1.38 bits per heavy atom. The predicted molar refractivity (Wildman–Crippen MR) is 89.9 cm³/mol. The number of carbonyl (C=O) groups excluding carboxylic acids is 1. The number of aryl methyl sites for hydroxylation is 1. The molecule has 0 saturated carbocycles. The van der Waals surface area contributed by atoms with Crippen molar-refractivity contribution in [1.82, 2.24) is 20.0 Å². The van der Waals surface area contributed by atoms with Crippen molar-refractivity contribution < 1.29 is 9.18 Å². The second-order valence-electron chi connectivity index (χ2n) is 6.30. The molecule has 0 radical (unpaired) electrons. The molecular weight excluding hydrogens is 307 g/mol. The van der Waals surface area contributed by atoms with Crippen molar-refractivity contribution in [2.75, 3.05) is 19.6 Å². The SMILES string of the molecule is Cn1cc([C@H]2CCCN2CC(=O)NCCc2ccc(F)cc2)cn1. The molecule has 1 aromatic carbocycles. The first-order valence-corrected chi connectivity index (χ1v) is 8.35. The highest BCUT2D eigenvalue weighted by atomic mass is 19.1. The summed E-state index contributed by atoms with van der Waals surface area (Å²) in [5.74, 6) is -0.203. The molecule has 6 heteroatoms. The minimum atomic E-state index is -0.238. The fourth-order valence-electron chi connectivity index (χ4n) is 3.24. The summed E-state index contributed by atoms with van der Waals surface area (Å²) in [6.07, 6.45) is 6.78. The van der Waals surface area contributed by atoms with Crippen LogP contribution in [0.15, 0.2) is 36.7 Å². The van der Waals surface area contributed by atoms with E-state index in [-0.39, 0.29) is 17.8 Å². The van der Waals surface area contributed by atoms with Crippen LogP contribution in [0.2, 0.25) is 0 Å². The van der Waals surface area contributed by atoms with Crippen LogP contribution < -0.4 is 5.32 Å². The van der Waals surface area contributed by atoms with Gasteiger partial charge in [-0.3, -0.25) is 14.4 Å². The molecule has 0 unspecified atom stereocenters. The molecule has 1 amide bonds. The quantitative estimate of drug-likeness (QED) is 0.882. The molecule has 1 aliphatic heterocycles. The fourth-order valence-corrected chi connectivity index (χ4v) is 3.24. The van der Waals surface area contributed by atoms with E-state index in [9.17, 15) is 9.18 Å². The van der Waals surface area contributed by atoms with Crippen molar-refractivity contribution in [2.24, 2.45) is 7.05 Å². The summed E-state index contributed by atoms with van der Waals surface area (Å²) in [4.78, 5) is 14.4. The molecule has 2 heterocycles. The number of rotatable bonds is 6. The van der Waals surface area contributed by atoms with Crippen LogP contribution in [0, 0.1) is 5.82 Å². The maximum absolute atomic E-state index is 12.9. The standard InChI is InChI=1S/C18H23FN4O/c1-22-12-15(11-21-22)17-3-2-10-23(17)13-18(24)20-9-8-14-4-6-16(19)7-5-14/h4-7,11-12,17H,2-3,8-10,13H2,1H3,(H,20,24)/t17-/m1/s1. The molecule has 0 bridgehead atoms. The Balaban J connectivity index is 1.46. The summed E-state index contributed by atoms with van der Waals surface area (Å²) in [5.41, 5.74) is 2.19. The Morgan fingerprint density at radius 3 is 2.88 bits per heavy atom. The topological polar surface area (TPSA) is 50.2 Å². The van der Waals surface area contributed by atoms with Gasteiger partial charge in [-0.15, -0.1) is 0 Å². The minimum Gasteiger partial charge on any atom is -0.355 e. The van der Waals surface area contributed by atoms with Gasteiger partial charge in [0.05, 0.1) is 12.7 Å². The first-order valence-electron chi connectivity index (χ1n) is 8.35. The van der Waals surface area contributed by atoms with Crippen molar-refractivity contribution in [3.05, 3.63) is 53.6 Å². The summed E-state index contributed by atoms with van der Waals surface area (Å²) in [6, 6.07) is 6.67. The second kappa shape index (κ2) is 7.57. The number of aromatic nitrogens is 2. The van der Waals surface area contributed by atoms with Crippen LogP contribution >= 0.6 is 0 Å². The molecule has 1 saturated heterocycles. The van der Waals surface area contributed by atoms with Crippen LogP contribution in [-0.4, -0.2) is 40.2 Å². The third-order valence-electron chi connectivity index (χ3n) is 4.47. The van der Waals surface area contributed by atoms with E-state index in [0.717, 1.165) is 24.9 Å². The molecule has 1 atom stereocenters. The van der Waals surface area contributed by atoms with Gasteiger partial charge in [0.15, 0.2) is 0 Å². The van der Waals surface area contributed by atoms with Gasteiger partial charge >= 0.3 is 0 Å². The van der Waals surface area contributed by atoms with Gasteiger partial charge in [0.2, 0.25) is 5.91 Å². The van der Waals surface area contributed by atoms with Crippen LogP contribution in [0.3, 0.4) is 0 Å². The third-order valence-corrected chi connectivity index (χ3v) is 4.47. The Hall–Kier alpha value is -2.21. The van der Waals surface area contributed by atoms with Crippen molar-refractivity contribution in [2.45, 2.75) is 25.3 Å². The van der Waals surface area contributed by atoms with Crippen molar-refractivity contribution in [1.29, 1.82) is 0 Å². The van der Waals surface area contributed by atoms with E-state index < -0.39 is 0 Å². The van der Waals surface area contributed by atoms with Crippen LogP contribution in [-0.2, 0) is 18.3 Å². The van der Waals surface area contributed by atoms with Gasteiger partial charge in [0.1, 0.15) is 5.82 Å². The largest absolute Gasteiger partial charge is 0.355 e. The van der Waals surface area contributed by atoms with Crippen LogP contribution in [0.25, 0.3) is 0 Å². The van der Waals surface area contributed by atoms with Crippen LogP contribution in [0.5, 0.6) is 0 Å². The molecule has 1 aliphatic rings. The summed E-state index contributed by atoms with van der Waals surface area (Å²) >= 11 is 0. The van der Waals surface area contributed by atoms with E-state index in [1.165, 1.54) is 17.7 Å². The van der Waals surface area contributed by atoms with Gasteiger partial charge < -0.3 is 5.32 Å². The molecule has 0 spiro atoms. The van der Waals surface area contributed by atoms with E-state index >= 15 is 0 Å². The maximum Gasteiger partial charge on any atom is 0.234 e. The minimum absolute atomic E-state index is 0.0351. The van der Waals surface area contributed by atoms with Crippen LogP contribution in [0.4, 0.5) is 4.39 Å². The lowest BCUT2D eigenvalue weighted by Crippen LogP contribution is -2.37. The zero-order chi connectivity index (χ0) is 16.9. The van der Waals surface area contributed by atoms with Gasteiger partial charge in [-0.1, -0.05) is 12.1 Å². The number of carbonyl (C=O) groups is 1. The number of hydrogen-bond donors (Lipinski definition) is 1. The highest BCUT2D eigenvalue weighted by Crippen LogP contribution is 2.30. The molecule has 24 heavy (non-hydrogen) atoms. The van der Waals surface area contributed by atoms with Crippen molar-refractivity contribution in [3.8, 4) is 0 Å². The Bertz CT molecular complexity index is 683. The number of likely N-dealkylation sites (tertiary alicyclic amines) is 1. The zero-order valence-electron chi connectivity index (χ0n) is 13.9. The summed E-state index contributed by atoms with van der Waals surface area (Å²) < 4.78 is 14.7. The van der Waals surface area contributed by atoms with E-state index in [1.54, 1.807) is 16.8 Å². The molecule has 0 aliphatic carbocycles. The van der Waals surface area contributed by atoms with Crippen LogP contribution in [0.1, 0.15) is 30.0 Å². The molecule has 2 aromatic rings. The Labute approximate surface area is 141 Å². The van der Waals surface area contributed by atoms with E-state index in [0.29, 0.717) is 19.5 Å². The Morgan fingerprint density at radius 2 is 2.17 bits per heavy atom. The summed E-state index contributed by atoms with van der Waals surface area (Å²) in [6.45, 7) is 1.91. The molecule has 1 N–H and O–H groups in total. The maximum atomic E-state index is 12.9. The monoisotopic (exact) mass is 330 g/mol. The highest BCUT2D eigenvalue weighted by Gasteiger charge is 2.28. The Kier molecular flexibility index (Phi) is 5.25. The number of benzene rings is 1. The number of nitrogens with zero attached hydrogens (tertiary/aromatic N) is 3. The molecule has 128 valence electrons. The average Bonchev–Trinajstić information content (AvgIpc) is 3.18. The van der Waals surface area contributed by atoms with E-state index in [2.05, 4.69) is 15.3 Å². The molecule has 1 fully saturated rings. The highest BCUT2D eigenvalue weighted by molar-refractivity contribution is 5.78. The molecule has 5 nitrogen and oxygen atoms in total. The lowest BCUT2D eigenvalue weighted by Gasteiger charge is -2.22. The smallest absolute Gasteiger partial charge is 0.234 e. The molecular formula is C18H23FN4O. The lowest BCUT2D eigenvalue weighted by molar-refractivity contribution is -0.122. The predicted octanol–water partition coefficient (Wildman–Crippen LogP) is 2.05. The number of amides is 1. The molecule has 1 aromatic heterocycles. The van der Waals surface area contributed by atoms with Gasteiger partial charge in [-0.25, -0.2) is 4.39 Å². The van der Waals surface area contributed by atoms with E-state index in [4.69, 9.17) is 0 Å². The van der Waals surface area contributed by atoms with Crippen molar-refractivity contribution in [3.63, 3.8) is 0 Å². The normalized spacial score (nSPS) is 18.0. The summed E-state index contributed by atoms with van der Waals surface area (Å²) in [7, 11) is 1.91. The average molecular weight is 330 g/mol. The summed E-state index contributed by atoms with van der Waals surface area (Å²) in [5, 5.41) is 7.18. The second-order valence-corrected chi connectivity index (χ2v) is 6.30. The number of halogens is 1. The van der Waals surface area contributed by atoms with E-state index in [1.807, 2.05) is 19.4 Å².